The van der Waals surface area contributed by atoms with Crippen molar-refractivity contribution < 1.29 is 9.18 Å². The quantitative estimate of drug-likeness (QED) is 0.642. The van der Waals surface area contributed by atoms with Crippen molar-refractivity contribution in [2.45, 2.75) is 38.5 Å². The van der Waals surface area contributed by atoms with Crippen LogP contribution in [0.4, 0.5) is 4.39 Å². The fraction of sp³-hybridized carbons (Fsp3) is 0.611. The summed E-state index contributed by atoms with van der Waals surface area (Å²) in [6.07, 6.45) is 7.02. The van der Waals surface area contributed by atoms with Crippen LogP contribution in [0.25, 0.3) is 0 Å². The van der Waals surface area contributed by atoms with Crippen LogP contribution in [0.5, 0.6) is 0 Å². The molecule has 3 heteroatoms. The second-order valence-electron chi connectivity index (χ2n) is 6.68. The van der Waals surface area contributed by atoms with Crippen molar-refractivity contribution in [3.63, 3.8) is 0 Å². The van der Waals surface area contributed by atoms with Crippen LogP contribution in [-0.4, -0.2) is 30.3 Å². The molecule has 3 rings (SSSR count). The van der Waals surface area contributed by atoms with E-state index in [0.29, 0.717) is 12.0 Å². The molecule has 0 heterocycles. The van der Waals surface area contributed by atoms with Gasteiger partial charge in [-0.15, -0.1) is 0 Å². The molecule has 2 fully saturated rings. The summed E-state index contributed by atoms with van der Waals surface area (Å²) in [6.45, 7) is 3.47. The minimum atomic E-state index is -0.286. The molecule has 0 aromatic heterocycles. The number of carbonyl (C=O) groups excluding carboxylic acids is 1. The van der Waals surface area contributed by atoms with E-state index in [-0.39, 0.29) is 11.6 Å². The van der Waals surface area contributed by atoms with Crippen LogP contribution in [-0.2, 0) is 0 Å². The van der Waals surface area contributed by atoms with Crippen LogP contribution in [0.15, 0.2) is 24.3 Å². The number of hydrogen-bond donors (Lipinski definition) is 0. The summed E-state index contributed by atoms with van der Waals surface area (Å²) in [5, 5.41) is 0. The van der Waals surface area contributed by atoms with E-state index in [1.54, 1.807) is 12.1 Å². The summed E-state index contributed by atoms with van der Waals surface area (Å²) < 4.78 is 12.8. The Labute approximate surface area is 126 Å². The van der Waals surface area contributed by atoms with Gasteiger partial charge in [0.05, 0.1) is 0 Å². The third-order valence-electron chi connectivity index (χ3n) is 4.47. The lowest BCUT2D eigenvalue weighted by molar-refractivity contribution is 0.0974. The molecule has 1 aromatic rings. The third kappa shape index (κ3) is 4.92. The molecule has 2 aliphatic rings. The zero-order chi connectivity index (χ0) is 14.7. The standard InChI is InChI=1S/C18H24FNO/c19-17-9-7-16(8-10-17)18(21)2-1-11-20(12-14-3-4-14)13-15-5-6-15/h7-10,14-15H,1-6,11-13H2. The topological polar surface area (TPSA) is 20.3 Å². The van der Waals surface area contributed by atoms with E-state index in [2.05, 4.69) is 4.90 Å². The van der Waals surface area contributed by atoms with Crippen molar-refractivity contribution >= 4 is 5.78 Å². The number of benzene rings is 1. The fourth-order valence-electron chi connectivity index (χ4n) is 2.83. The average molecular weight is 289 g/mol. The smallest absolute Gasteiger partial charge is 0.162 e. The van der Waals surface area contributed by atoms with Crippen LogP contribution in [0.1, 0.15) is 48.9 Å². The van der Waals surface area contributed by atoms with Crippen LogP contribution < -0.4 is 0 Å². The third-order valence-corrected chi connectivity index (χ3v) is 4.47. The lowest BCUT2D eigenvalue weighted by Crippen LogP contribution is -2.29. The predicted molar refractivity (Wildman–Crippen MR) is 81.9 cm³/mol. The molecule has 1 aromatic carbocycles. The van der Waals surface area contributed by atoms with E-state index in [1.807, 2.05) is 0 Å². The van der Waals surface area contributed by atoms with Gasteiger partial charge in [0.1, 0.15) is 5.82 Å². The Bertz CT molecular complexity index is 462. The van der Waals surface area contributed by atoms with Gasteiger partial charge in [-0.05, 0) is 74.8 Å². The van der Waals surface area contributed by atoms with Gasteiger partial charge in [-0.1, -0.05) is 0 Å². The van der Waals surface area contributed by atoms with Crippen LogP contribution in [0.2, 0.25) is 0 Å². The molecule has 0 radical (unpaired) electrons. The molecule has 0 saturated heterocycles. The van der Waals surface area contributed by atoms with Crippen molar-refractivity contribution in [3.05, 3.63) is 35.6 Å². The van der Waals surface area contributed by atoms with E-state index in [0.717, 1.165) is 24.8 Å². The second-order valence-corrected chi connectivity index (χ2v) is 6.68. The number of carbonyl (C=O) groups is 1. The Morgan fingerprint density at radius 1 is 1.05 bits per heavy atom. The van der Waals surface area contributed by atoms with Gasteiger partial charge in [0.25, 0.3) is 0 Å². The van der Waals surface area contributed by atoms with Gasteiger partial charge in [-0.2, -0.15) is 0 Å². The number of rotatable bonds is 9. The Balaban J connectivity index is 1.42. The molecule has 0 unspecified atom stereocenters. The average Bonchev–Trinajstić information content (AvgIpc) is 3.35. The molecule has 0 atom stereocenters. The first-order chi connectivity index (χ1) is 10.2. The van der Waals surface area contributed by atoms with Crippen LogP contribution >= 0.6 is 0 Å². The molecule has 0 bridgehead atoms. The number of ketones is 1. The number of hydrogen-bond acceptors (Lipinski definition) is 2. The fourth-order valence-corrected chi connectivity index (χ4v) is 2.83. The number of halogens is 1. The zero-order valence-electron chi connectivity index (χ0n) is 12.6. The summed E-state index contributed by atoms with van der Waals surface area (Å²) >= 11 is 0. The van der Waals surface area contributed by atoms with Crippen molar-refractivity contribution in [1.29, 1.82) is 0 Å². The van der Waals surface area contributed by atoms with E-state index in [1.165, 1.54) is 50.9 Å². The minimum absolute atomic E-state index is 0.132. The van der Waals surface area contributed by atoms with Crippen molar-refractivity contribution in [2.75, 3.05) is 19.6 Å². The summed E-state index contributed by atoms with van der Waals surface area (Å²) in [5.74, 6) is 1.67. The molecule has 2 aliphatic carbocycles. The highest BCUT2D eigenvalue weighted by atomic mass is 19.1. The maximum Gasteiger partial charge on any atom is 0.162 e. The first-order valence-corrected chi connectivity index (χ1v) is 8.22. The van der Waals surface area contributed by atoms with Gasteiger partial charge in [0.2, 0.25) is 0 Å². The highest BCUT2D eigenvalue weighted by molar-refractivity contribution is 5.95. The lowest BCUT2D eigenvalue weighted by Gasteiger charge is -2.21. The summed E-state index contributed by atoms with van der Waals surface area (Å²) in [7, 11) is 0. The minimum Gasteiger partial charge on any atom is -0.303 e. The maximum absolute atomic E-state index is 12.8. The van der Waals surface area contributed by atoms with E-state index in [9.17, 15) is 9.18 Å². The summed E-state index contributed by atoms with van der Waals surface area (Å²) in [4.78, 5) is 14.6. The number of Topliss-reactive ketones (excluding diaryl/α,β-unsaturated/α-hetero) is 1. The highest BCUT2D eigenvalue weighted by Gasteiger charge is 2.28. The van der Waals surface area contributed by atoms with Gasteiger partial charge >= 0.3 is 0 Å². The molecule has 0 N–H and O–H groups in total. The number of nitrogens with zero attached hydrogens (tertiary/aromatic N) is 1. The SMILES string of the molecule is O=C(CCCN(CC1CC1)CC1CC1)c1ccc(F)cc1. The van der Waals surface area contributed by atoms with Crippen molar-refractivity contribution in [3.8, 4) is 0 Å². The Hall–Kier alpha value is -1.22. The largest absolute Gasteiger partial charge is 0.303 e. The van der Waals surface area contributed by atoms with E-state index in [4.69, 9.17) is 0 Å². The van der Waals surface area contributed by atoms with Gasteiger partial charge in [0.15, 0.2) is 5.78 Å². The van der Waals surface area contributed by atoms with Crippen molar-refractivity contribution in [1.82, 2.24) is 4.90 Å². The normalized spacial score (nSPS) is 18.2. The molecule has 114 valence electrons. The lowest BCUT2D eigenvalue weighted by atomic mass is 10.1. The van der Waals surface area contributed by atoms with E-state index >= 15 is 0 Å². The first-order valence-electron chi connectivity index (χ1n) is 8.22. The van der Waals surface area contributed by atoms with Gasteiger partial charge in [0, 0.05) is 25.1 Å². The van der Waals surface area contributed by atoms with Gasteiger partial charge < -0.3 is 4.90 Å². The second kappa shape index (κ2) is 6.69. The van der Waals surface area contributed by atoms with Gasteiger partial charge in [-0.3, -0.25) is 4.79 Å². The Kier molecular flexibility index (Phi) is 4.69. The predicted octanol–water partition coefficient (Wildman–Crippen LogP) is 3.91. The summed E-state index contributed by atoms with van der Waals surface area (Å²) in [5.41, 5.74) is 0.632. The highest BCUT2D eigenvalue weighted by Crippen LogP contribution is 2.33. The molecule has 2 nitrogen and oxygen atoms in total. The molecular formula is C18H24FNO. The maximum atomic E-state index is 12.8. The van der Waals surface area contributed by atoms with Crippen LogP contribution in [0, 0.1) is 17.7 Å². The molecule has 0 amide bonds. The summed E-state index contributed by atoms with van der Waals surface area (Å²) in [6, 6.07) is 5.90. The molecule has 0 aliphatic heterocycles. The Morgan fingerprint density at radius 2 is 1.62 bits per heavy atom. The molecule has 0 spiro atoms. The zero-order valence-corrected chi connectivity index (χ0v) is 12.6. The molecule has 2 saturated carbocycles. The monoisotopic (exact) mass is 289 g/mol. The molecule has 21 heavy (non-hydrogen) atoms. The van der Waals surface area contributed by atoms with Crippen LogP contribution in [0.3, 0.4) is 0 Å². The van der Waals surface area contributed by atoms with E-state index < -0.39 is 0 Å². The van der Waals surface area contributed by atoms with Crippen molar-refractivity contribution in [2.24, 2.45) is 11.8 Å². The van der Waals surface area contributed by atoms with Gasteiger partial charge in [-0.25, -0.2) is 4.39 Å². The molecular weight excluding hydrogens is 265 g/mol. The first kappa shape index (κ1) is 14.7. The Morgan fingerprint density at radius 3 is 2.14 bits per heavy atom.